The molecule has 0 fully saturated rings. The van der Waals surface area contributed by atoms with Crippen LogP contribution in [0.3, 0.4) is 0 Å². The van der Waals surface area contributed by atoms with E-state index in [9.17, 15) is 9.18 Å². The molecule has 0 saturated heterocycles. The highest BCUT2D eigenvalue weighted by atomic mass is 32.1. The molecule has 0 saturated carbocycles. The number of nitrogens with one attached hydrogen (secondary N) is 3. The second kappa shape index (κ2) is 10.6. The molecule has 3 N–H and O–H groups in total. The Morgan fingerprint density at radius 3 is 2.92 bits per heavy atom. The maximum Gasteiger partial charge on any atom is 0.407 e. The van der Waals surface area contributed by atoms with Gasteiger partial charge in [-0.05, 0) is 24.3 Å². The van der Waals surface area contributed by atoms with E-state index in [-0.39, 0.29) is 30.6 Å². The number of thiazole rings is 1. The minimum atomic E-state index is -0.501. The summed E-state index contributed by atoms with van der Waals surface area (Å²) >= 11 is 1.41. The number of fused-ring (bicyclic) bond motifs is 2. The Hall–Kier alpha value is -4.19. The van der Waals surface area contributed by atoms with Gasteiger partial charge in [-0.25, -0.2) is 29.1 Å². The summed E-state index contributed by atoms with van der Waals surface area (Å²) < 4.78 is 19.2. The number of aromatic nitrogens is 6. The molecule has 0 unspecified atom stereocenters. The number of hydrogen-bond acceptors (Lipinski definition) is 9. The number of aromatic amines is 1. The molecule has 1 atom stereocenters. The predicted molar refractivity (Wildman–Crippen MR) is 134 cm³/mol. The largest absolute Gasteiger partial charge is 0.449 e. The summed E-state index contributed by atoms with van der Waals surface area (Å²) in [6, 6.07) is 10.7. The Bertz CT molecular complexity index is 1470. The first-order valence-electron chi connectivity index (χ1n) is 11.4. The lowest BCUT2D eigenvalue weighted by Gasteiger charge is -2.10. The lowest BCUT2D eigenvalue weighted by molar-refractivity contribution is 0.140. The van der Waals surface area contributed by atoms with Crippen molar-refractivity contribution in [3.8, 4) is 0 Å². The molecule has 36 heavy (non-hydrogen) atoms. The SMILES string of the molecule is C[C@H](COC(=O)NCCc1nc2c(NCc3ncccc3F)ncnc2s1)c1nc2ccccc2[nH]1. The van der Waals surface area contributed by atoms with Crippen molar-refractivity contribution in [1.82, 2.24) is 35.2 Å². The molecule has 0 spiro atoms. The fraction of sp³-hybridized carbons (Fsp3) is 0.250. The highest BCUT2D eigenvalue weighted by Gasteiger charge is 2.15. The fourth-order valence-electron chi connectivity index (χ4n) is 3.56. The first-order chi connectivity index (χ1) is 17.6. The number of carbonyl (C=O) groups is 1. The number of alkyl carbamates (subject to hydrolysis) is 1. The third-order valence-electron chi connectivity index (χ3n) is 5.44. The minimum absolute atomic E-state index is 0.0727. The number of carbonyl (C=O) groups excluding carboxylic acids is 1. The van der Waals surface area contributed by atoms with Crippen molar-refractivity contribution in [1.29, 1.82) is 0 Å². The van der Waals surface area contributed by atoms with Crippen molar-refractivity contribution in [2.75, 3.05) is 18.5 Å². The smallest absolute Gasteiger partial charge is 0.407 e. The van der Waals surface area contributed by atoms with E-state index in [1.54, 1.807) is 6.07 Å². The highest BCUT2D eigenvalue weighted by Crippen LogP contribution is 2.25. The normalized spacial score (nSPS) is 12.1. The molecule has 0 aliphatic heterocycles. The van der Waals surface area contributed by atoms with Gasteiger partial charge in [-0.15, -0.1) is 0 Å². The van der Waals surface area contributed by atoms with Gasteiger partial charge in [0, 0.05) is 25.1 Å². The van der Waals surface area contributed by atoms with Crippen molar-refractivity contribution >= 4 is 44.6 Å². The number of benzene rings is 1. The van der Waals surface area contributed by atoms with Crippen LogP contribution in [0, 0.1) is 5.82 Å². The minimum Gasteiger partial charge on any atom is -0.449 e. The number of nitrogens with zero attached hydrogens (tertiary/aromatic N) is 5. The van der Waals surface area contributed by atoms with E-state index in [0.717, 1.165) is 21.9 Å². The Morgan fingerprint density at radius 1 is 1.17 bits per heavy atom. The maximum atomic E-state index is 13.8. The number of imidazole rings is 1. The van der Waals surface area contributed by atoms with Gasteiger partial charge in [-0.1, -0.05) is 30.4 Å². The summed E-state index contributed by atoms with van der Waals surface area (Å²) in [5, 5.41) is 6.61. The van der Waals surface area contributed by atoms with Gasteiger partial charge in [-0.3, -0.25) is 4.98 Å². The van der Waals surface area contributed by atoms with Gasteiger partial charge in [-0.2, -0.15) is 0 Å². The molecular formula is C24H23FN8O2S. The number of amides is 1. The number of para-hydroxylation sites is 2. The van der Waals surface area contributed by atoms with E-state index >= 15 is 0 Å². The van der Waals surface area contributed by atoms with E-state index in [0.29, 0.717) is 29.1 Å². The quantitative estimate of drug-likeness (QED) is 0.271. The molecule has 10 nitrogen and oxygen atoms in total. The molecule has 0 radical (unpaired) electrons. The highest BCUT2D eigenvalue weighted by molar-refractivity contribution is 7.18. The van der Waals surface area contributed by atoms with Crippen molar-refractivity contribution in [3.63, 3.8) is 0 Å². The van der Waals surface area contributed by atoms with Crippen molar-refractivity contribution in [2.45, 2.75) is 25.8 Å². The molecule has 0 aliphatic rings. The Labute approximate surface area is 209 Å². The van der Waals surface area contributed by atoms with Crippen LogP contribution in [0.5, 0.6) is 0 Å². The van der Waals surface area contributed by atoms with Gasteiger partial charge in [0.25, 0.3) is 0 Å². The Morgan fingerprint density at radius 2 is 2.06 bits per heavy atom. The maximum absolute atomic E-state index is 13.8. The average Bonchev–Trinajstić information content (AvgIpc) is 3.51. The predicted octanol–water partition coefficient (Wildman–Crippen LogP) is 4.18. The van der Waals surface area contributed by atoms with Crippen LogP contribution in [0.1, 0.15) is 29.4 Å². The van der Waals surface area contributed by atoms with Gasteiger partial charge in [0.2, 0.25) is 0 Å². The lowest BCUT2D eigenvalue weighted by atomic mass is 10.2. The summed E-state index contributed by atoms with van der Waals surface area (Å²) in [5.41, 5.74) is 2.71. The molecule has 4 heterocycles. The molecule has 0 aliphatic carbocycles. The second-order valence-electron chi connectivity index (χ2n) is 8.08. The zero-order valence-electron chi connectivity index (χ0n) is 19.4. The van der Waals surface area contributed by atoms with E-state index in [2.05, 4.69) is 40.5 Å². The first-order valence-corrected chi connectivity index (χ1v) is 12.2. The molecule has 5 aromatic rings. The number of pyridine rings is 1. The van der Waals surface area contributed by atoms with Crippen LogP contribution in [-0.4, -0.2) is 49.1 Å². The zero-order valence-corrected chi connectivity index (χ0v) is 20.2. The van der Waals surface area contributed by atoms with Crippen LogP contribution in [0.15, 0.2) is 48.9 Å². The van der Waals surface area contributed by atoms with Crippen molar-refractivity contribution in [3.05, 3.63) is 71.3 Å². The number of rotatable bonds is 9. The Balaban J connectivity index is 1.11. The molecule has 1 amide bonds. The summed E-state index contributed by atoms with van der Waals surface area (Å²) in [7, 11) is 0. The first kappa shape index (κ1) is 23.5. The van der Waals surface area contributed by atoms with Crippen LogP contribution in [0.2, 0.25) is 0 Å². The second-order valence-corrected chi connectivity index (χ2v) is 9.15. The van der Waals surface area contributed by atoms with E-state index in [4.69, 9.17) is 4.74 Å². The average molecular weight is 507 g/mol. The number of H-pyrrole nitrogens is 1. The van der Waals surface area contributed by atoms with E-state index in [1.807, 2.05) is 31.2 Å². The molecule has 0 bridgehead atoms. The van der Waals surface area contributed by atoms with E-state index in [1.165, 1.54) is 29.9 Å². The van der Waals surface area contributed by atoms with Crippen molar-refractivity contribution < 1.29 is 13.9 Å². The van der Waals surface area contributed by atoms with Crippen molar-refractivity contribution in [2.24, 2.45) is 0 Å². The van der Waals surface area contributed by atoms with Crippen LogP contribution >= 0.6 is 11.3 Å². The zero-order chi connectivity index (χ0) is 24.9. The van der Waals surface area contributed by atoms with Gasteiger partial charge in [0.15, 0.2) is 5.82 Å². The standard InChI is InChI=1S/C24H23FN8O2S/c1-14(21-31-16-6-2-3-7-17(16)32-21)12-35-24(34)27-10-8-19-33-20-22(29-13-30-23(20)36-19)28-11-18-15(25)5-4-9-26-18/h2-7,9,13-14H,8,10-12H2,1H3,(H,27,34)(H,31,32)(H,28,29,30)/t14-/m1/s1. The van der Waals surface area contributed by atoms with Gasteiger partial charge < -0.3 is 20.4 Å². The van der Waals surface area contributed by atoms with Crippen LogP contribution < -0.4 is 10.6 Å². The molecule has 184 valence electrons. The molecule has 12 heteroatoms. The van der Waals surface area contributed by atoms with E-state index < -0.39 is 6.09 Å². The summed E-state index contributed by atoms with van der Waals surface area (Å²) in [5.74, 6) is 0.810. The Kier molecular flexibility index (Phi) is 6.94. The third-order valence-corrected chi connectivity index (χ3v) is 6.47. The van der Waals surface area contributed by atoms with Gasteiger partial charge in [0.05, 0.1) is 28.3 Å². The van der Waals surface area contributed by atoms with Gasteiger partial charge >= 0.3 is 6.09 Å². The molecule has 5 rings (SSSR count). The summed E-state index contributed by atoms with van der Waals surface area (Å²) in [6.07, 6.45) is 2.97. The van der Waals surface area contributed by atoms with Crippen LogP contribution in [0.4, 0.5) is 15.0 Å². The molecule has 1 aromatic carbocycles. The topological polar surface area (TPSA) is 131 Å². The number of anilines is 1. The monoisotopic (exact) mass is 506 g/mol. The van der Waals surface area contributed by atoms with Crippen LogP contribution in [-0.2, 0) is 17.7 Å². The number of hydrogen-bond donors (Lipinski definition) is 3. The number of ether oxygens (including phenoxy) is 1. The molecule has 4 aromatic heterocycles. The summed E-state index contributed by atoms with van der Waals surface area (Å²) in [4.78, 5) is 37.8. The lowest BCUT2D eigenvalue weighted by Crippen LogP contribution is -2.27. The van der Waals surface area contributed by atoms with Gasteiger partial charge in [0.1, 0.15) is 34.9 Å². The fourth-order valence-corrected chi connectivity index (χ4v) is 4.46. The third kappa shape index (κ3) is 5.38. The summed E-state index contributed by atoms with van der Waals surface area (Å²) in [6.45, 7) is 2.67. The molecular weight excluding hydrogens is 483 g/mol. The number of halogens is 1. The van der Waals surface area contributed by atoms with Crippen LogP contribution in [0.25, 0.3) is 21.4 Å².